The van der Waals surface area contributed by atoms with Gasteiger partial charge >= 0.3 is 5.97 Å². The van der Waals surface area contributed by atoms with E-state index in [0.29, 0.717) is 5.75 Å². The van der Waals surface area contributed by atoms with Gasteiger partial charge in [-0.2, -0.15) is 0 Å². The monoisotopic (exact) mass is 256 g/mol. The second kappa shape index (κ2) is 4.31. The number of ether oxygens (including phenoxy) is 1. The fourth-order valence-corrected chi connectivity index (χ4v) is 2.03. The number of furan rings is 1. The molecule has 2 aromatic carbocycles. The maximum Gasteiger partial charge on any atom is 0.344 e. The quantitative estimate of drug-likeness (QED) is 0.779. The SMILES string of the molecule is CC(Oc1ccc2oc3ccccc3c2c1)C(=O)O. The molecule has 1 aromatic heterocycles. The molecule has 4 heteroatoms. The number of fused-ring (bicyclic) bond motifs is 3. The minimum atomic E-state index is -0.989. The van der Waals surface area contributed by atoms with Crippen LogP contribution >= 0.6 is 0 Å². The Hall–Kier alpha value is -2.49. The van der Waals surface area contributed by atoms with E-state index in [-0.39, 0.29) is 0 Å². The minimum Gasteiger partial charge on any atom is -0.479 e. The van der Waals surface area contributed by atoms with Gasteiger partial charge in [0.2, 0.25) is 0 Å². The number of hydrogen-bond donors (Lipinski definition) is 1. The van der Waals surface area contributed by atoms with Crippen LogP contribution < -0.4 is 4.74 Å². The zero-order valence-electron chi connectivity index (χ0n) is 10.3. The Bertz CT molecular complexity index is 757. The Kier molecular flexibility index (Phi) is 2.63. The van der Waals surface area contributed by atoms with Gasteiger partial charge in [-0.25, -0.2) is 4.79 Å². The summed E-state index contributed by atoms with van der Waals surface area (Å²) in [4.78, 5) is 10.8. The number of carboxylic acid groups (broad SMARTS) is 1. The highest BCUT2D eigenvalue weighted by Crippen LogP contribution is 2.31. The first-order valence-corrected chi connectivity index (χ1v) is 5.96. The van der Waals surface area contributed by atoms with Crippen molar-refractivity contribution in [3.05, 3.63) is 42.5 Å². The maximum atomic E-state index is 10.8. The fourth-order valence-electron chi connectivity index (χ4n) is 2.03. The average Bonchev–Trinajstić information content (AvgIpc) is 2.76. The molecule has 0 fully saturated rings. The van der Waals surface area contributed by atoms with E-state index in [4.69, 9.17) is 14.3 Å². The molecule has 0 radical (unpaired) electrons. The van der Waals surface area contributed by atoms with Gasteiger partial charge < -0.3 is 14.3 Å². The van der Waals surface area contributed by atoms with Crippen molar-refractivity contribution < 1.29 is 19.1 Å². The molecule has 0 aliphatic heterocycles. The summed E-state index contributed by atoms with van der Waals surface area (Å²) in [6.45, 7) is 1.50. The van der Waals surface area contributed by atoms with E-state index in [1.807, 2.05) is 24.3 Å². The summed E-state index contributed by atoms with van der Waals surface area (Å²) in [5.74, 6) is -0.467. The van der Waals surface area contributed by atoms with Crippen LogP contribution in [0, 0.1) is 0 Å². The largest absolute Gasteiger partial charge is 0.479 e. The van der Waals surface area contributed by atoms with E-state index in [9.17, 15) is 4.79 Å². The van der Waals surface area contributed by atoms with E-state index in [1.54, 1.807) is 18.2 Å². The van der Waals surface area contributed by atoms with Crippen LogP contribution in [0.3, 0.4) is 0 Å². The summed E-state index contributed by atoms with van der Waals surface area (Å²) in [6.07, 6.45) is -0.879. The molecular weight excluding hydrogens is 244 g/mol. The normalized spacial score (nSPS) is 12.7. The summed E-state index contributed by atoms with van der Waals surface area (Å²) >= 11 is 0. The summed E-state index contributed by atoms with van der Waals surface area (Å²) < 4.78 is 11.0. The first-order chi connectivity index (χ1) is 9.15. The minimum absolute atomic E-state index is 0.522. The highest BCUT2D eigenvalue weighted by atomic mass is 16.5. The van der Waals surface area contributed by atoms with Gasteiger partial charge in [0.25, 0.3) is 0 Å². The number of benzene rings is 2. The summed E-state index contributed by atoms with van der Waals surface area (Å²) in [5.41, 5.74) is 1.57. The molecule has 1 atom stereocenters. The van der Waals surface area contributed by atoms with Crippen molar-refractivity contribution in [2.75, 3.05) is 0 Å². The van der Waals surface area contributed by atoms with Crippen molar-refractivity contribution >= 4 is 27.9 Å². The van der Waals surface area contributed by atoms with Gasteiger partial charge in [0.05, 0.1) is 0 Å². The predicted octanol–water partition coefficient (Wildman–Crippen LogP) is 3.44. The fraction of sp³-hybridized carbons (Fsp3) is 0.133. The highest BCUT2D eigenvalue weighted by Gasteiger charge is 2.13. The van der Waals surface area contributed by atoms with Gasteiger partial charge in [0, 0.05) is 10.8 Å². The van der Waals surface area contributed by atoms with E-state index in [0.717, 1.165) is 21.9 Å². The Morgan fingerprint density at radius 3 is 2.68 bits per heavy atom. The predicted molar refractivity (Wildman–Crippen MR) is 71.4 cm³/mol. The van der Waals surface area contributed by atoms with Crippen LogP contribution in [0.1, 0.15) is 6.92 Å². The molecule has 1 heterocycles. The van der Waals surface area contributed by atoms with Crippen LogP contribution in [-0.2, 0) is 4.79 Å². The standard InChI is InChI=1S/C15H12O4/c1-9(15(16)17)18-10-6-7-14-12(8-10)11-4-2-3-5-13(11)19-14/h2-9H,1H3,(H,16,17). The Labute approximate surface area is 109 Å². The van der Waals surface area contributed by atoms with Crippen molar-refractivity contribution in [3.63, 3.8) is 0 Å². The van der Waals surface area contributed by atoms with E-state index in [1.165, 1.54) is 6.92 Å². The molecule has 96 valence electrons. The first kappa shape index (κ1) is 11.6. The van der Waals surface area contributed by atoms with E-state index in [2.05, 4.69) is 0 Å². The van der Waals surface area contributed by atoms with Crippen LogP contribution in [0.5, 0.6) is 5.75 Å². The highest BCUT2D eigenvalue weighted by molar-refractivity contribution is 6.05. The zero-order chi connectivity index (χ0) is 13.4. The van der Waals surface area contributed by atoms with Crippen molar-refractivity contribution in [2.24, 2.45) is 0 Å². The van der Waals surface area contributed by atoms with Crippen molar-refractivity contribution in [3.8, 4) is 5.75 Å². The molecule has 0 amide bonds. The molecule has 3 aromatic rings. The van der Waals surface area contributed by atoms with Crippen LogP contribution in [0.25, 0.3) is 21.9 Å². The lowest BCUT2D eigenvalue weighted by atomic mass is 10.1. The average molecular weight is 256 g/mol. The number of aliphatic carboxylic acids is 1. The lowest BCUT2D eigenvalue weighted by Gasteiger charge is -2.09. The molecule has 0 aliphatic carbocycles. The van der Waals surface area contributed by atoms with Gasteiger partial charge in [0.1, 0.15) is 16.9 Å². The lowest BCUT2D eigenvalue weighted by molar-refractivity contribution is -0.144. The van der Waals surface area contributed by atoms with Gasteiger partial charge in [-0.05, 0) is 31.2 Å². The first-order valence-electron chi connectivity index (χ1n) is 5.96. The maximum absolute atomic E-state index is 10.8. The van der Waals surface area contributed by atoms with Crippen LogP contribution in [0.4, 0.5) is 0 Å². The second-order valence-electron chi connectivity index (χ2n) is 4.35. The second-order valence-corrected chi connectivity index (χ2v) is 4.35. The van der Waals surface area contributed by atoms with Crippen LogP contribution in [0.15, 0.2) is 46.9 Å². The number of rotatable bonds is 3. The van der Waals surface area contributed by atoms with Crippen LogP contribution in [0.2, 0.25) is 0 Å². The van der Waals surface area contributed by atoms with E-state index >= 15 is 0 Å². The summed E-state index contributed by atoms with van der Waals surface area (Å²) in [6, 6.07) is 13.0. The van der Waals surface area contributed by atoms with Gasteiger partial charge in [0.15, 0.2) is 6.10 Å². The van der Waals surface area contributed by atoms with E-state index < -0.39 is 12.1 Å². The molecule has 4 nitrogen and oxygen atoms in total. The molecule has 1 unspecified atom stereocenters. The number of para-hydroxylation sites is 1. The molecule has 3 rings (SSSR count). The van der Waals surface area contributed by atoms with Gasteiger partial charge in [-0.1, -0.05) is 18.2 Å². The molecule has 0 bridgehead atoms. The third-order valence-electron chi connectivity index (χ3n) is 3.01. The smallest absolute Gasteiger partial charge is 0.344 e. The Balaban J connectivity index is 2.09. The molecule has 0 saturated heterocycles. The lowest BCUT2D eigenvalue weighted by Crippen LogP contribution is -2.22. The Morgan fingerprint density at radius 1 is 1.16 bits per heavy atom. The number of hydrogen-bond acceptors (Lipinski definition) is 3. The third kappa shape index (κ3) is 2.01. The van der Waals surface area contributed by atoms with Crippen molar-refractivity contribution in [2.45, 2.75) is 13.0 Å². The number of carbonyl (C=O) groups is 1. The topological polar surface area (TPSA) is 59.7 Å². The summed E-state index contributed by atoms with van der Waals surface area (Å²) in [7, 11) is 0. The third-order valence-corrected chi connectivity index (χ3v) is 3.01. The van der Waals surface area contributed by atoms with Crippen molar-refractivity contribution in [1.29, 1.82) is 0 Å². The Morgan fingerprint density at radius 2 is 1.89 bits per heavy atom. The molecule has 0 saturated carbocycles. The molecular formula is C15H12O4. The molecule has 1 N–H and O–H groups in total. The van der Waals surface area contributed by atoms with Gasteiger partial charge in [-0.3, -0.25) is 0 Å². The van der Waals surface area contributed by atoms with Crippen LogP contribution in [-0.4, -0.2) is 17.2 Å². The zero-order valence-corrected chi connectivity index (χ0v) is 10.3. The molecule has 0 spiro atoms. The van der Waals surface area contributed by atoms with Crippen molar-refractivity contribution in [1.82, 2.24) is 0 Å². The summed E-state index contributed by atoms with van der Waals surface area (Å²) in [5, 5.41) is 10.8. The molecule has 19 heavy (non-hydrogen) atoms. The molecule has 0 aliphatic rings. The van der Waals surface area contributed by atoms with Gasteiger partial charge in [-0.15, -0.1) is 0 Å². The number of carboxylic acids is 1.